The van der Waals surface area contributed by atoms with Gasteiger partial charge >= 0.3 is 0 Å². The van der Waals surface area contributed by atoms with E-state index in [9.17, 15) is 8.42 Å². The second-order valence-electron chi connectivity index (χ2n) is 3.01. The van der Waals surface area contributed by atoms with E-state index in [1.807, 2.05) is 24.3 Å². The molecule has 0 atom stereocenters. The normalized spacial score (nSPS) is 12.1. The molecule has 0 aromatic heterocycles. The van der Waals surface area contributed by atoms with Crippen LogP contribution in [0.25, 0.3) is 0 Å². The van der Waals surface area contributed by atoms with Crippen molar-refractivity contribution in [3.05, 3.63) is 46.5 Å². The lowest BCUT2D eigenvalue weighted by molar-refractivity contribution is 0.612. The maximum absolute atomic E-state index is 10.6. The van der Waals surface area contributed by atoms with Crippen LogP contribution in [0.15, 0.2) is 40.9 Å². The minimum Gasteiger partial charge on any atom is -0.212 e. The quantitative estimate of drug-likeness (QED) is 0.632. The Morgan fingerprint density at radius 2 is 2.07 bits per heavy atom. The third-order valence-corrected chi connectivity index (χ3v) is 3.17. The topological polar surface area (TPSA) is 34.1 Å². The highest BCUT2D eigenvalue weighted by molar-refractivity contribution is 9.10. The molecule has 0 fully saturated rings. The lowest BCUT2D eigenvalue weighted by atomic mass is 10.1. The first-order valence-electron chi connectivity index (χ1n) is 4.29. The largest absolute Gasteiger partial charge is 0.236 e. The van der Waals surface area contributed by atoms with E-state index in [-0.39, 0.29) is 5.75 Å². The van der Waals surface area contributed by atoms with Gasteiger partial charge in [0.05, 0.1) is 5.75 Å². The Balaban J connectivity index is 2.51. The van der Waals surface area contributed by atoms with Gasteiger partial charge in [0.25, 0.3) is 0 Å². The van der Waals surface area contributed by atoms with Gasteiger partial charge in [-0.15, -0.1) is 0 Å². The van der Waals surface area contributed by atoms with Crippen LogP contribution in [0.5, 0.6) is 0 Å². The number of allylic oxidation sites excluding steroid dienone is 1. The minimum absolute atomic E-state index is 0.122. The third kappa shape index (κ3) is 5.97. The van der Waals surface area contributed by atoms with Gasteiger partial charge in [-0.3, -0.25) is 0 Å². The fourth-order valence-corrected chi connectivity index (χ4v) is 2.10. The Kier molecular flexibility index (Phi) is 4.83. The van der Waals surface area contributed by atoms with Gasteiger partial charge in [-0.2, -0.15) is 0 Å². The van der Waals surface area contributed by atoms with Crippen LogP contribution in [0.4, 0.5) is 0 Å². The van der Waals surface area contributed by atoms with Crippen LogP contribution in [0, 0.1) is 0 Å². The monoisotopic (exact) mass is 308 g/mol. The zero-order valence-electron chi connectivity index (χ0n) is 7.86. The SMILES string of the molecule is O=S(=O)(Cl)C/C=C\Cc1cccc(Br)c1. The van der Waals surface area contributed by atoms with Crippen molar-refractivity contribution in [1.29, 1.82) is 0 Å². The Morgan fingerprint density at radius 3 is 2.67 bits per heavy atom. The molecule has 0 amide bonds. The average Bonchev–Trinajstić information content (AvgIpc) is 2.11. The zero-order chi connectivity index (χ0) is 11.3. The van der Waals surface area contributed by atoms with Crippen molar-refractivity contribution in [3.63, 3.8) is 0 Å². The molecule has 0 saturated carbocycles. The number of halogens is 2. The summed E-state index contributed by atoms with van der Waals surface area (Å²) < 4.78 is 22.2. The number of hydrogen-bond donors (Lipinski definition) is 0. The van der Waals surface area contributed by atoms with Crippen molar-refractivity contribution >= 4 is 35.7 Å². The van der Waals surface area contributed by atoms with Crippen LogP contribution in [-0.2, 0) is 15.5 Å². The predicted molar refractivity (Wildman–Crippen MR) is 66.6 cm³/mol. The van der Waals surface area contributed by atoms with Crippen LogP contribution in [0.2, 0.25) is 0 Å². The molecule has 1 rings (SSSR count). The first-order valence-corrected chi connectivity index (χ1v) is 7.56. The maximum atomic E-state index is 10.6. The molecule has 0 N–H and O–H groups in total. The van der Waals surface area contributed by atoms with Crippen LogP contribution in [0.3, 0.4) is 0 Å². The second kappa shape index (κ2) is 5.68. The van der Waals surface area contributed by atoms with Crippen LogP contribution >= 0.6 is 26.6 Å². The van der Waals surface area contributed by atoms with E-state index >= 15 is 0 Å². The Bertz CT molecular complexity index is 454. The van der Waals surface area contributed by atoms with Crippen molar-refractivity contribution in [2.75, 3.05) is 5.75 Å². The van der Waals surface area contributed by atoms with E-state index in [0.717, 1.165) is 10.0 Å². The summed E-state index contributed by atoms with van der Waals surface area (Å²) in [6.45, 7) is 0. The summed E-state index contributed by atoms with van der Waals surface area (Å²) in [6.07, 6.45) is 4.05. The van der Waals surface area contributed by atoms with Crippen molar-refractivity contribution in [2.24, 2.45) is 0 Å². The molecule has 1 aromatic carbocycles. The smallest absolute Gasteiger partial charge is 0.212 e. The molecule has 0 aliphatic heterocycles. The molecular weight excluding hydrogens is 300 g/mol. The van der Waals surface area contributed by atoms with Crippen LogP contribution in [0.1, 0.15) is 5.56 Å². The highest BCUT2D eigenvalue weighted by atomic mass is 79.9. The molecule has 0 aliphatic carbocycles. The van der Waals surface area contributed by atoms with Crippen molar-refractivity contribution < 1.29 is 8.42 Å². The Labute approximate surface area is 103 Å². The van der Waals surface area contributed by atoms with Gasteiger partial charge in [0.2, 0.25) is 9.05 Å². The molecule has 0 aliphatic rings. The minimum atomic E-state index is -3.41. The summed E-state index contributed by atoms with van der Waals surface area (Å²) in [6, 6.07) is 7.84. The summed E-state index contributed by atoms with van der Waals surface area (Å²) in [5, 5.41) is 0. The zero-order valence-corrected chi connectivity index (χ0v) is 11.0. The second-order valence-corrected chi connectivity index (χ2v) is 6.75. The molecule has 0 bridgehead atoms. The fraction of sp³-hybridized carbons (Fsp3) is 0.200. The highest BCUT2D eigenvalue weighted by Crippen LogP contribution is 2.12. The van der Waals surface area contributed by atoms with E-state index < -0.39 is 9.05 Å². The summed E-state index contributed by atoms with van der Waals surface area (Å²) in [5.41, 5.74) is 1.12. The molecule has 5 heteroatoms. The van der Waals surface area contributed by atoms with Crippen molar-refractivity contribution in [3.8, 4) is 0 Å². The van der Waals surface area contributed by atoms with E-state index in [4.69, 9.17) is 10.7 Å². The Morgan fingerprint density at radius 1 is 1.33 bits per heavy atom. The predicted octanol–water partition coefficient (Wildman–Crippen LogP) is 3.12. The van der Waals surface area contributed by atoms with Gasteiger partial charge in [-0.05, 0) is 24.1 Å². The molecule has 0 radical (unpaired) electrons. The maximum Gasteiger partial charge on any atom is 0.236 e. The third-order valence-electron chi connectivity index (χ3n) is 1.70. The van der Waals surface area contributed by atoms with Crippen LogP contribution < -0.4 is 0 Å². The van der Waals surface area contributed by atoms with Gasteiger partial charge < -0.3 is 0 Å². The van der Waals surface area contributed by atoms with Gasteiger partial charge in [0, 0.05) is 15.2 Å². The molecule has 82 valence electrons. The first-order chi connectivity index (χ1) is 6.97. The summed E-state index contributed by atoms with van der Waals surface area (Å²) in [7, 11) is 1.64. The van der Waals surface area contributed by atoms with E-state index in [2.05, 4.69) is 15.9 Å². The number of benzene rings is 1. The summed E-state index contributed by atoms with van der Waals surface area (Å²) >= 11 is 3.36. The Hall–Kier alpha value is -0.320. The molecule has 0 heterocycles. The van der Waals surface area contributed by atoms with Gasteiger partial charge in [-0.1, -0.05) is 40.2 Å². The molecule has 15 heavy (non-hydrogen) atoms. The van der Waals surface area contributed by atoms with E-state index in [0.29, 0.717) is 6.42 Å². The average molecular weight is 310 g/mol. The van der Waals surface area contributed by atoms with Crippen molar-refractivity contribution in [1.82, 2.24) is 0 Å². The standard InChI is InChI=1S/C10H10BrClO2S/c11-10-6-3-5-9(8-10)4-1-2-7-15(12,13)14/h1-3,5-6,8H,4,7H2/b2-1-. The van der Waals surface area contributed by atoms with Gasteiger partial charge in [-0.25, -0.2) is 8.42 Å². The number of rotatable bonds is 4. The summed E-state index contributed by atoms with van der Waals surface area (Å²) in [5.74, 6) is -0.122. The molecule has 0 saturated heterocycles. The van der Waals surface area contributed by atoms with Crippen molar-refractivity contribution in [2.45, 2.75) is 6.42 Å². The lowest BCUT2D eigenvalue weighted by Crippen LogP contribution is -1.92. The van der Waals surface area contributed by atoms with E-state index in [1.165, 1.54) is 0 Å². The highest BCUT2D eigenvalue weighted by Gasteiger charge is 1.99. The first kappa shape index (κ1) is 12.7. The molecule has 2 nitrogen and oxygen atoms in total. The molecule has 0 unspecified atom stereocenters. The van der Waals surface area contributed by atoms with E-state index in [1.54, 1.807) is 12.2 Å². The summed E-state index contributed by atoms with van der Waals surface area (Å²) in [4.78, 5) is 0. The number of hydrogen-bond acceptors (Lipinski definition) is 2. The fourth-order valence-electron chi connectivity index (χ4n) is 1.07. The lowest BCUT2D eigenvalue weighted by Gasteiger charge is -1.96. The molecular formula is C10H10BrClO2S. The van der Waals surface area contributed by atoms with Crippen LogP contribution in [-0.4, -0.2) is 14.2 Å². The van der Waals surface area contributed by atoms with Gasteiger partial charge in [0.15, 0.2) is 0 Å². The molecule has 0 spiro atoms. The molecule has 1 aromatic rings. The van der Waals surface area contributed by atoms with Gasteiger partial charge in [0.1, 0.15) is 0 Å².